The lowest BCUT2D eigenvalue weighted by Gasteiger charge is -2.04. The van der Waals surface area contributed by atoms with E-state index in [-0.39, 0.29) is 10.3 Å². The van der Waals surface area contributed by atoms with Gasteiger partial charge < -0.3 is 11.1 Å². The maximum absolute atomic E-state index is 7.39. The van der Waals surface area contributed by atoms with Crippen molar-refractivity contribution in [1.29, 1.82) is 10.8 Å². The summed E-state index contributed by atoms with van der Waals surface area (Å²) in [5.74, 6) is 0. The normalized spacial score (nSPS) is 9.23. The molecule has 0 spiro atoms. The standard InChI is InChI=1S/C8H10N4S/c9-7(10)13-8(11)12-6-4-2-1-3-5-6/h1-5H,(H3,9,10)(H2,11,12). The molecule has 0 bridgehead atoms. The third kappa shape index (κ3) is 3.62. The molecule has 5 N–H and O–H groups in total. The molecule has 1 aromatic carbocycles. The quantitative estimate of drug-likeness (QED) is 0.405. The number of para-hydroxylation sites is 1. The maximum atomic E-state index is 7.39. The van der Waals surface area contributed by atoms with E-state index in [0.717, 1.165) is 17.4 Å². The van der Waals surface area contributed by atoms with Gasteiger partial charge in [0.2, 0.25) is 0 Å². The molecule has 4 nitrogen and oxygen atoms in total. The average molecular weight is 194 g/mol. The van der Waals surface area contributed by atoms with Gasteiger partial charge in [-0.1, -0.05) is 18.2 Å². The van der Waals surface area contributed by atoms with Gasteiger partial charge in [-0.25, -0.2) is 0 Å². The number of hydrogen-bond donors (Lipinski definition) is 4. The van der Waals surface area contributed by atoms with Crippen molar-refractivity contribution in [2.45, 2.75) is 0 Å². The number of benzene rings is 1. The van der Waals surface area contributed by atoms with Crippen molar-refractivity contribution < 1.29 is 0 Å². The van der Waals surface area contributed by atoms with E-state index in [1.54, 1.807) is 0 Å². The monoisotopic (exact) mass is 194 g/mol. The van der Waals surface area contributed by atoms with Gasteiger partial charge >= 0.3 is 0 Å². The molecule has 0 aliphatic carbocycles. The number of hydrogen-bond acceptors (Lipinski definition) is 3. The molecule has 1 aromatic rings. The van der Waals surface area contributed by atoms with E-state index in [1.165, 1.54) is 0 Å². The summed E-state index contributed by atoms with van der Waals surface area (Å²) in [6.45, 7) is 0. The Morgan fingerprint density at radius 1 is 1.23 bits per heavy atom. The van der Waals surface area contributed by atoms with Crippen LogP contribution >= 0.6 is 11.8 Å². The average Bonchev–Trinajstić information content (AvgIpc) is 2.04. The Morgan fingerprint density at radius 3 is 2.38 bits per heavy atom. The van der Waals surface area contributed by atoms with Crippen LogP contribution in [0.25, 0.3) is 0 Å². The predicted molar refractivity (Wildman–Crippen MR) is 57.3 cm³/mol. The number of rotatable bonds is 1. The Labute approximate surface area is 80.5 Å². The topological polar surface area (TPSA) is 85.8 Å². The van der Waals surface area contributed by atoms with Gasteiger partial charge in [-0.2, -0.15) is 0 Å². The Bertz CT molecular complexity index is 309. The van der Waals surface area contributed by atoms with Crippen LogP contribution in [0.1, 0.15) is 0 Å². The van der Waals surface area contributed by atoms with Gasteiger partial charge in [-0.3, -0.25) is 10.8 Å². The summed E-state index contributed by atoms with van der Waals surface area (Å²) in [7, 11) is 0. The second-order valence-corrected chi connectivity index (χ2v) is 3.34. The molecule has 0 aromatic heterocycles. The first-order valence-electron chi connectivity index (χ1n) is 3.61. The van der Waals surface area contributed by atoms with Crippen LogP contribution in [0.3, 0.4) is 0 Å². The second kappa shape index (κ2) is 4.51. The molecule has 68 valence electrons. The lowest BCUT2D eigenvalue weighted by Crippen LogP contribution is -2.13. The molecule has 0 saturated carbocycles. The van der Waals surface area contributed by atoms with Gasteiger partial charge in [-0.15, -0.1) is 0 Å². The van der Waals surface area contributed by atoms with Crippen molar-refractivity contribution in [1.82, 2.24) is 0 Å². The van der Waals surface area contributed by atoms with Crippen LogP contribution in [0.5, 0.6) is 0 Å². The third-order valence-corrected chi connectivity index (χ3v) is 1.77. The highest BCUT2D eigenvalue weighted by molar-refractivity contribution is 8.26. The van der Waals surface area contributed by atoms with E-state index in [0.29, 0.717) is 0 Å². The summed E-state index contributed by atoms with van der Waals surface area (Å²) in [5.41, 5.74) is 5.93. The van der Waals surface area contributed by atoms with Gasteiger partial charge in [0, 0.05) is 5.69 Å². The van der Waals surface area contributed by atoms with Gasteiger partial charge in [0.15, 0.2) is 10.3 Å². The van der Waals surface area contributed by atoms with E-state index in [2.05, 4.69) is 5.32 Å². The first-order valence-corrected chi connectivity index (χ1v) is 4.42. The first-order chi connectivity index (χ1) is 6.18. The van der Waals surface area contributed by atoms with Gasteiger partial charge in [-0.05, 0) is 23.9 Å². The molecule has 0 heterocycles. The summed E-state index contributed by atoms with van der Waals surface area (Å²) >= 11 is 0.883. The number of thioether (sulfide) groups is 1. The van der Waals surface area contributed by atoms with Crippen LogP contribution in [-0.2, 0) is 0 Å². The predicted octanol–water partition coefficient (Wildman–Crippen LogP) is 1.66. The van der Waals surface area contributed by atoms with Crippen LogP contribution in [0.4, 0.5) is 5.69 Å². The molecular weight excluding hydrogens is 184 g/mol. The van der Waals surface area contributed by atoms with Crippen molar-refractivity contribution in [2.24, 2.45) is 5.73 Å². The highest BCUT2D eigenvalue weighted by atomic mass is 32.2. The van der Waals surface area contributed by atoms with Crippen LogP contribution in [0, 0.1) is 10.8 Å². The fraction of sp³-hybridized carbons (Fsp3) is 0. The molecular formula is C8H10N4S. The number of nitrogens with two attached hydrogens (primary N) is 1. The molecule has 0 saturated heterocycles. The van der Waals surface area contributed by atoms with Crippen LogP contribution in [0.15, 0.2) is 30.3 Å². The van der Waals surface area contributed by atoms with E-state index >= 15 is 0 Å². The Hall–Kier alpha value is -1.49. The van der Waals surface area contributed by atoms with E-state index in [4.69, 9.17) is 16.6 Å². The molecule has 0 atom stereocenters. The molecule has 0 radical (unpaired) electrons. The van der Waals surface area contributed by atoms with Crippen molar-refractivity contribution in [3.63, 3.8) is 0 Å². The highest BCUT2D eigenvalue weighted by Crippen LogP contribution is 2.08. The Morgan fingerprint density at radius 2 is 1.85 bits per heavy atom. The van der Waals surface area contributed by atoms with Gasteiger partial charge in [0.1, 0.15) is 0 Å². The SMILES string of the molecule is N=C(N)SC(=N)Nc1ccccc1. The number of nitrogens with one attached hydrogen (secondary N) is 3. The lowest BCUT2D eigenvalue weighted by atomic mass is 10.3. The van der Waals surface area contributed by atoms with Crippen molar-refractivity contribution in [2.75, 3.05) is 5.32 Å². The molecule has 0 amide bonds. The molecule has 0 fully saturated rings. The molecule has 5 heteroatoms. The maximum Gasteiger partial charge on any atom is 0.165 e. The minimum absolute atomic E-state index is 0.0894. The largest absolute Gasteiger partial charge is 0.378 e. The zero-order valence-electron chi connectivity index (χ0n) is 6.87. The molecule has 0 aliphatic rings. The molecule has 13 heavy (non-hydrogen) atoms. The smallest absolute Gasteiger partial charge is 0.165 e. The zero-order valence-corrected chi connectivity index (χ0v) is 7.69. The minimum atomic E-state index is -0.0894. The second-order valence-electron chi connectivity index (χ2n) is 2.29. The molecule has 0 unspecified atom stereocenters. The summed E-state index contributed by atoms with van der Waals surface area (Å²) in [6.07, 6.45) is 0. The molecule has 1 rings (SSSR count). The summed E-state index contributed by atoms with van der Waals surface area (Å²) < 4.78 is 0. The third-order valence-electron chi connectivity index (χ3n) is 1.24. The van der Waals surface area contributed by atoms with Gasteiger partial charge in [0.05, 0.1) is 0 Å². The van der Waals surface area contributed by atoms with Crippen LogP contribution in [-0.4, -0.2) is 10.3 Å². The summed E-state index contributed by atoms with van der Waals surface area (Å²) in [5, 5.41) is 17.2. The zero-order chi connectivity index (χ0) is 9.68. The number of anilines is 1. The van der Waals surface area contributed by atoms with Crippen LogP contribution < -0.4 is 11.1 Å². The highest BCUT2D eigenvalue weighted by Gasteiger charge is 1.99. The Balaban J connectivity index is 2.50. The van der Waals surface area contributed by atoms with Crippen LogP contribution in [0.2, 0.25) is 0 Å². The van der Waals surface area contributed by atoms with Crippen molar-refractivity contribution in [3.05, 3.63) is 30.3 Å². The Kier molecular flexibility index (Phi) is 3.33. The van der Waals surface area contributed by atoms with Gasteiger partial charge in [0.25, 0.3) is 0 Å². The fourth-order valence-corrected chi connectivity index (χ4v) is 1.18. The fourth-order valence-electron chi connectivity index (χ4n) is 0.788. The minimum Gasteiger partial charge on any atom is -0.378 e. The summed E-state index contributed by atoms with van der Waals surface area (Å²) in [6, 6.07) is 9.32. The summed E-state index contributed by atoms with van der Waals surface area (Å²) in [4.78, 5) is 0. The van der Waals surface area contributed by atoms with Crippen molar-refractivity contribution >= 4 is 27.8 Å². The first kappa shape index (κ1) is 9.60. The van der Waals surface area contributed by atoms with E-state index < -0.39 is 0 Å². The van der Waals surface area contributed by atoms with E-state index in [9.17, 15) is 0 Å². The van der Waals surface area contributed by atoms with E-state index in [1.807, 2.05) is 30.3 Å². The lowest BCUT2D eigenvalue weighted by molar-refractivity contribution is 1.50. The molecule has 0 aliphatic heterocycles. The number of amidine groups is 2. The van der Waals surface area contributed by atoms with Crippen molar-refractivity contribution in [3.8, 4) is 0 Å².